The highest BCUT2D eigenvalue weighted by Gasteiger charge is 2.52. The zero-order valence-corrected chi connectivity index (χ0v) is 11.3. The van der Waals surface area contributed by atoms with Gasteiger partial charge in [0, 0.05) is 18.0 Å². The summed E-state index contributed by atoms with van der Waals surface area (Å²) in [4.78, 5) is 13.8. The van der Waals surface area contributed by atoms with Crippen molar-refractivity contribution in [2.75, 3.05) is 12.3 Å². The minimum atomic E-state index is -3.22. The molecule has 5 nitrogen and oxygen atoms in total. The van der Waals surface area contributed by atoms with Crippen LogP contribution in [0.25, 0.3) is 0 Å². The Kier molecular flexibility index (Phi) is 3.51. The molecule has 0 aromatic rings. The van der Waals surface area contributed by atoms with Gasteiger partial charge in [0.1, 0.15) is 5.54 Å². The minimum absolute atomic E-state index is 0.0159. The Balaban J connectivity index is 2.15. The fourth-order valence-corrected chi connectivity index (χ4v) is 3.96. The maximum absolute atomic E-state index is 11.7. The van der Waals surface area contributed by atoms with Gasteiger partial charge in [0.25, 0.3) is 0 Å². The molecule has 2 aliphatic heterocycles. The van der Waals surface area contributed by atoms with Gasteiger partial charge in [0.2, 0.25) is 5.91 Å². The Bertz CT molecular complexity index is 456. The number of carbonyl (C=O) groups excluding carboxylic acids is 1. The highest BCUT2D eigenvalue weighted by atomic mass is 32.2. The average Bonchev–Trinajstić information content (AvgIpc) is 2.54. The predicted octanol–water partition coefficient (Wildman–Crippen LogP) is 0.417. The summed E-state index contributed by atoms with van der Waals surface area (Å²) < 4.78 is 23.0. The lowest BCUT2D eigenvalue weighted by molar-refractivity contribution is -0.131. The van der Waals surface area contributed by atoms with Crippen molar-refractivity contribution in [1.29, 1.82) is 0 Å². The van der Waals surface area contributed by atoms with Crippen LogP contribution in [0.2, 0.25) is 0 Å². The topological polar surface area (TPSA) is 80.5 Å². The molecule has 2 bridgehead atoms. The summed E-state index contributed by atoms with van der Waals surface area (Å²) in [5.41, 5.74) is 4.95. The number of hydrogen-bond acceptors (Lipinski definition) is 4. The third-order valence-corrected chi connectivity index (χ3v) is 5.60. The molecule has 0 spiro atoms. The quantitative estimate of drug-likeness (QED) is 0.786. The van der Waals surface area contributed by atoms with Crippen LogP contribution in [0.3, 0.4) is 0 Å². The van der Waals surface area contributed by atoms with E-state index in [2.05, 4.69) is 6.58 Å². The molecule has 102 valence electrons. The van der Waals surface area contributed by atoms with Crippen molar-refractivity contribution in [3.63, 3.8) is 0 Å². The lowest BCUT2D eigenvalue weighted by Gasteiger charge is -2.42. The van der Waals surface area contributed by atoms with Crippen molar-refractivity contribution in [2.45, 2.75) is 43.7 Å². The van der Waals surface area contributed by atoms with E-state index in [0.29, 0.717) is 12.6 Å². The average molecular weight is 272 g/mol. The van der Waals surface area contributed by atoms with E-state index < -0.39 is 15.4 Å². The minimum Gasteiger partial charge on any atom is -0.368 e. The van der Waals surface area contributed by atoms with Crippen LogP contribution in [0, 0.1) is 0 Å². The zero-order chi connectivity index (χ0) is 13.4. The fraction of sp³-hybridized carbons (Fsp3) is 0.750. The van der Waals surface area contributed by atoms with Gasteiger partial charge >= 0.3 is 0 Å². The standard InChI is InChI=1S/C12H20N2O3S/c1-2-18(16,17)9-8-14-10-4-3-6-12(14,7-5-10)11(13)15/h2,10H,1,3-9H2,(H2,13,15)/t10-,12+/m1/s1. The van der Waals surface area contributed by atoms with Crippen LogP contribution < -0.4 is 5.73 Å². The number of nitrogens with two attached hydrogens (primary N) is 1. The molecule has 0 aliphatic carbocycles. The largest absolute Gasteiger partial charge is 0.368 e. The summed E-state index contributed by atoms with van der Waals surface area (Å²) in [6.45, 7) is 3.68. The van der Waals surface area contributed by atoms with Gasteiger partial charge < -0.3 is 5.73 Å². The van der Waals surface area contributed by atoms with E-state index in [0.717, 1.165) is 37.5 Å². The second-order valence-corrected chi connectivity index (χ2v) is 7.27. The smallest absolute Gasteiger partial charge is 0.237 e. The molecule has 1 amide bonds. The number of piperidine rings is 1. The van der Waals surface area contributed by atoms with Crippen molar-refractivity contribution < 1.29 is 13.2 Å². The lowest BCUT2D eigenvalue weighted by atomic mass is 9.87. The van der Waals surface area contributed by atoms with Crippen LogP contribution in [0.5, 0.6) is 0 Å². The molecular formula is C12H20N2O3S. The molecule has 18 heavy (non-hydrogen) atoms. The summed E-state index contributed by atoms with van der Waals surface area (Å²) in [7, 11) is -3.22. The molecule has 2 rings (SSSR count). The van der Waals surface area contributed by atoms with Crippen LogP contribution in [-0.2, 0) is 14.6 Å². The number of amides is 1. The number of rotatable bonds is 5. The second-order valence-electron chi connectivity index (χ2n) is 5.21. The van der Waals surface area contributed by atoms with Gasteiger partial charge in [-0.3, -0.25) is 9.69 Å². The second kappa shape index (κ2) is 4.66. The van der Waals surface area contributed by atoms with E-state index in [1.54, 1.807) is 0 Å². The van der Waals surface area contributed by atoms with Crippen LogP contribution in [0.15, 0.2) is 12.0 Å². The molecule has 2 fully saturated rings. The summed E-state index contributed by atoms with van der Waals surface area (Å²) in [6, 6.07) is 0.311. The Morgan fingerprint density at radius 2 is 2.17 bits per heavy atom. The van der Waals surface area contributed by atoms with Crippen molar-refractivity contribution >= 4 is 15.7 Å². The van der Waals surface area contributed by atoms with E-state index in [4.69, 9.17) is 5.73 Å². The van der Waals surface area contributed by atoms with E-state index in [1.807, 2.05) is 4.90 Å². The zero-order valence-electron chi connectivity index (χ0n) is 10.5. The van der Waals surface area contributed by atoms with Gasteiger partial charge in [-0.25, -0.2) is 8.42 Å². The lowest BCUT2D eigenvalue weighted by Crippen LogP contribution is -2.58. The van der Waals surface area contributed by atoms with Crippen molar-refractivity contribution in [3.05, 3.63) is 12.0 Å². The van der Waals surface area contributed by atoms with Gasteiger partial charge in [-0.05, 0) is 32.1 Å². The third kappa shape index (κ3) is 2.19. The van der Waals surface area contributed by atoms with Crippen LogP contribution in [-0.4, -0.2) is 43.1 Å². The molecule has 6 heteroatoms. The first-order valence-electron chi connectivity index (χ1n) is 6.33. The molecule has 0 aromatic heterocycles. The van der Waals surface area contributed by atoms with Crippen molar-refractivity contribution in [1.82, 2.24) is 4.90 Å². The molecule has 2 saturated heterocycles. The Hall–Kier alpha value is -0.880. The van der Waals surface area contributed by atoms with Gasteiger partial charge in [0.15, 0.2) is 9.84 Å². The van der Waals surface area contributed by atoms with Crippen LogP contribution >= 0.6 is 0 Å². The van der Waals surface area contributed by atoms with Crippen LogP contribution in [0.4, 0.5) is 0 Å². The van der Waals surface area contributed by atoms with E-state index >= 15 is 0 Å². The first-order valence-corrected chi connectivity index (χ1v) is 8.05. The Morgan fingerprint density at radius 1 is 1.44 bits per heavy atom. The number of nitrogens with zero attached hydrogens (tertiary/aromatic N) is 1. The van der Waals surface area contributed by atoms with Crippen LogP contribution in [0.1, 0.15) is 32.1 Å². The highest BCUT2D eigenvalue weighted by molar-refractivity contribution is 7.94. The molecule has 0 unspecified atom stereocenters. The molecule has 0 saturated carbocycles. The Morgan fingerprint density at radius 3 is 2.78 bits per heavy atom. The van der Waals surface area contributed by atoms with Gasteiger partial charge in [0.05, 0.1) is 5.75 Å². The Labute approximate surface area is 108 Å². The van der Waals surface area contributed by atoms with E-state index in [-0.39, 0.29) is 11.7 Å². The third-order valence-electron chi connectivity index (χ3n) is 4.34. The van der Waals surface area contributed by atoms with Crippen molar-refractivity contribution in [2.24, 2.45) is 5.73 Å². The first kappa shape index (κ1) is 13.5. The molecule has 2 atom stereocenters. The maximum atomic E-state index is 11.7. The molecule has 0 radical (unpaired) electrons. The number of primary amides is 1. The number of carbonyl (C=O) groups is 1. The maximum Gasteiger partial charge on any atom is 0.237 e. The van der Waals surface area contributed by atoms with Gasteiger partial charge in [-0.15, -0.1) is 0 Å². The predicted molar refractivity (Wildman–Crippen MR) is 69.5 cm³/mol. The van der Waals surface area contributed by atoms with E-state index in [9.17, 15) is 13.2 Å². The summed E-state index contributed by atoms with van der Waals surface area (Å²) in [5, 5.41) is 0.982. The molecule has 2 aliphatic rings. The molecule has 2 N–H and O–H groups in total. The fourth-order valence-electron chi connectivity index (χ4n) is 3.35. The first-order chi connectivity index (χ1) is 8.41. The number of hydrogen-bond donors (Lipinski definition) is 1. The highest BCUT2D eigenvalue weighted by Crippen LogP contribution is 2.43. The summed E-state index contributed by atoms with van der Waals surface area (Å²) in [5.74, 6) is -0.289. The van der Waals surface area contributed by atoms with Gasteiger partial charge in [-0.1, -0.05) is 6.58 Å². The number of fused-ring (bicyclic) bond motifs is 2. The molecular weight excluding hydrogens is 252 g/mol. The summed E-state index contributed by atoms with van der Waals surface area (Å²) in [6.07, 6.45) is 4.49. The van der Waals surface area contributed by atoms with Gasteiger partial charge in [-0.2, -0.15) is 0 Å². The van der Waals surface area contributed by atoms with E-state index in [1.165, 1.54) is 0 Å². The SMILES string of the molecule is C=CS(=O)(=O)CCN1[C@@H]2CCC[C@@]1(C(N)=O)CC2. The summed E-state index contributed by atoms with van der Waals surface area (Å²) >= 11 is 0. The monoisotopic (exact) mass is 272 g/mol. The molecule has 2 heterocycles. The van der Waals surface area contributed by atoms with Crippen molar-refractivity contribution in [3.8, 4) is 0 Å². The molecule has 0 aromatic carbocycles. The number of sulfone groups is 1. The normalized spacial score (nSPS) is 32.3.